The molecule has 1 unspecified atom stereocenters. The summed E-state index contributed by atoms with van der Waals surface area (Å²) >= 11 is 5.31. The van der Waals surface area contributed by atoms with E-state index in [9.17, 15) is 0 Å². The van der Waals surface area contributed by atoms with Gasteiger partial charge in [0.1, 0.15) is 0 Å². The molecule has 1 fully saturated rings. The first-order valence-corrected chi connectivity index (χ1v) is 7.81. The van der Waals surface area contributed by atoms with Gasteiger partial charge in [0.05, 0.1) is 0 Å². The van der Waals surface area contributed by atoms with Crippen molar-refractivity contribution in [1.29, 1.82) is 0 Å². The molecule has 0 spiro atoms. The summed E-state index contributed by atoms with van der Waals surface area (Å²) < 4.78 is 6.61. The molecule has 0 aromatic carbocycles. The second-order valence-electron chi connectivity index (χ2n) is 5.19. The number of thiophene rings is 1. The maximum Gasteiger partial charge on any atom is 0.0471 e. The van der Waals surface area contributed by atoms with Crippen LogP contribution in [-0.2, 0) is 4.74 Å². The van der Waals surface area contributed by atoms with E-state index in [0.29, 0.717) is 11.5 Å². The molecule has 1 atom stereocenters. The summed E-state index contributed by atoms with van der Waals surface area (Å²) in [5, 5.41) is 5.80. The van der Waals surface area contributed by atoms with Gasteiger partial charge in [-0.2, -0.15) is 0 Å². The van der Waals surface area contributed by atoms with Crippen LogP contribution in [0.25, 0.3) is 0 Å². The highest BCUT2D eigenvalue weighted by Gasteiger charge is 2.27. The molecule has 4 heteroatoms. The lowest BCUT2D eigenvalue weighted by atomic mass is 9.82. The second kappa shape index (κ2) is 5.83. The van der Waals surface area contributed by atoms with Gasteiger partial charge in [0.2, 0.25) is 0 Å². The Morgan fingerprint density at radius 3 is 2.82 bits per heavy atom. The highest BCUT2D eigenvalue weighted by Crippen LogP contribution is 2.31. The molecule has 2 nitrogen and oxygen atoms in total. The largest absolute Gasteiger partial charge is 0.381 e. The highest BCUT2D eigenvalue weighted by molar-refractivity contribution is 9.10. The predicted molar refractivity (Wildman–Crippen MR) is 76.6 cm³/mol. The fourth-order valence-electron chi connectivity index (χ4n) is 2.10. The van der Waals surface area contributed by atoms with Crippen LogP contribution in [0.2, 0.25) is 0 Å². The third-order valence-electron chi connectivity index (χ3n) is 3.55. The zero-order valence-electron chi connectivity index (χ0n) is 10.5. The van der Waals surface area contributed by atoms with Crippen LogP contribution < -0.4 is 5.32 Å². The quantitative estimate of drug-likeness (QED) is 0.907. The predicted octanol–water partition coefficient (Wildman–Crippen LogP) is 3.98. The Hall–Kier alpha value is 0.1000. The molecule has 0 amide bonds. The van der Waals surface area contributed by atoms with E-state index >= 15 is 0 Å². The molecular formula is C13H20BrNOS. The molecule has 0 saturated carbocycles. The van der Waals surface area contributed by atoms with Gasteiger partial charge in [-0.3, -0.25) is 0 Å². The van der Waals surface area contributed by atoms with Gasteiger partial charge in [0, 0.05) is 40.5 Å². The van der Waals surface area contributed by atoms with Gasteiger partial charge in [-0.15, -0.1) is 11.3 Å². The van der Waals surface area contributed by atoms with Gasteiger partial charge in [0.25, 0.3) is 0 Å². The van der Waals surface area contributed by atoms with E-state index in [1.54, 1.807) is 0 Å². The molecule has 96 valence electrons. The van der Waals surface area contributed by atoms with Crippen molar-refractivity contribution in [2.45, 2.75) is 32.7 Å². The maximum atomic E-state index is 5.43. The van der Waals surface area contributed by atoms with E-state index in [0.717, 1.165) is 19.8 Å². The SMILES string of the molecule is CC(NCC1(C)CCOCC1)c1cc(Br)cs1. The van der Waals surface area contributed by atoms with Crippen LogP contribution in [0.15, 0.2) is 15.9 Å². The Kier molecular flexibility index (Phi) is 4.64. The number of hydrogen-bond donors (Lipinski definition) is 1. The molecule has 0 bridgehead atoms. The topological polar surface area (TPSA) is 21.3 Å². The van der Waals surface area contributed by atoms with Crippen molar-refractivity contribution in [1.82, 2.24) is 5.32 Å². The molecule has 1 aliphatic rings. The van der Waals surface area contributed by atoms with Gasteiger partial charge in [-0.1, -0.05) is 6.92 Å². The number of halogens is 1. The van der Waals surface area contributed by atoms with Gasteiger partial charge in [-0.05, 0) is 47.2 Å². The van der Waals surface area contributed by atoms with E-state index in [4.69, 9.17) is 4.74 Å². The summed E-state index contributed by atoms with van der Waals surface area (Å²) in [5.74, 6) is 0. The summed E-state index contributed by atoms with van der Waals surface area (Å²) in [7, 11) is 0. The first kappa shape index (κ1) is 13.5. The Balaban J connectivity index is 1.85. The average molecular weight is 318 g/mol. The minimum Gasteiger partial charge on any atom is -0.381 e. The molecule has 2 heterocycles. The number of nitrogens with one attached hydrogen (secondary N) is 1. The summed E-state index contributed by atoms with van der Waals surface area (Å²) in [6, 6.07) is 2.64. The van der Waals surface area contributed by atoms with Crippen molar-refractivity contribution in [2.24, 2.45) is 5.41 Å². The summed E-state index contributed by atoms with van der Waals surface area (Å²) in [5.41, 5.74) is 0.404. The van der Waals surface area contributed by atoms with Crippen LogP contribution in [0, 0.1) is 5.41 Å². The highest BCUT2D eigenvalue weighted by atomic mass is 79.9. The maximum absolute atomic E-state index is 5.43. The summed E-state index contributed by atoms with van der Waals surface area (Å²) in [6.45, 7) is 7.50. The fraction of sp³-hybridized carbons (Fsp3) is 0.692. The molecule has 0 aliphatic carbocycles. The second-order valence-corrected chi connectivity index (χ2v) is 7.05. The van der Waals surface area contributed by atoms with Crippen LogP contribution in [-0.4, -0.2) is 19.8 Å². The van der Waals surface area contributed by atoms with E-state index < -0.39 is 0 Å². The Bertz CT molecular complexity index is 360. The number of hydrogen-bond acceptors (Lipinski definition) is 3. The molecule has 1 aromatic rings. The van der Waals surface area contributed by atoms with Crippen LogP contribution in [0.1, 0.15) is 37.6 Å². The molecule has 1 aliphatic heterocycles. The van der Waals surface area contributed by atoms with Crippen molar-refractivity contribution < 1.29 is 4.74 Å². The zero-order valence-corrected chi connectivity index (χ0v) is 12.9. The Morgan fingerprint density at radius 2 is 2.24 bits per heavy atom. The van der Waals surface area contributed by atoms with Crippen molar-refractivity contribution in [3.05, 3.63) is 20.8 Å². The van der Waals surface area contributed by atoms with Crippen molar-refractivity contribution in [3.63, 3.8) is 0 Å². The van der Waals surface area contributed by atoms with E-state index in [-0.39, 0.29) is 0 Å². The standard InChI is InChI=1S/C13H20BrNOS/c1-10(12-7-11(14)8-17-12)15-9-13(2)3-5-16-6-4-13/h7-8,10,15H,3-6,9H2,1-2H3. The van der Waals surface area contributed by atoms with E-state index in [1.165, 1.54) is 22.2 Å². The Labute approximate surface area is 116 Å². The van der Waals surface area contributed by atoms with Gasteiger partial charge in [-0.25, -0.2) is 0 Å². The van der Waals surface area contributed by atoms with Crippen LogP contribution >= 0.6 is 27.3 Å². The average Bonchev–Trinajstić information content (AvgIpc) is 2.74. The molecule has 2 rings (SSSR count). The lowest BCUT2D eigenvalue weighted by molar-refractivity contribution is 0.0231. The van der Waals surface area contributed by atoms with Gasteiger partial charge in [0.15, 0.2) is 0 Å². The third kappa shape index (κ3) is 3.78. The first-order valence-electron chi connectivity index (χ1n) is 6.14. The third-order valence-corrected chi connectivity index (χ3v) is 5.43. The smallest absolute Gasteiger partial charge is 0.0471 e. The van der Waals surface area contributed by atoms with Gasteiger partial charge < -0.3 is 10.1 Å². The van der Waals surface area contributed by atoms with Crippen LogP contribution in [0.3, 0.4) is 0 Å². The monoisotopic (exact) mass is 317 g/mol. The number of rotatable bonds is 4. The molecule has 1 aromatic heterocycles. The lowest BCUT2D eigenvalue weighted by Gasteiger charge is -2.34. The zero-order chi connectivity index (χ0) is 12.3. The van der Waals surface area contributed by atoms with Crippen molar-refractivity contribution >= 4 is 27.3 Å². The van der Waals surface area contributed by atoms with Gasteiger partial charge >= 0.3 is 0 Å². The fourth-order valence-corrected chi connectivity index (χ4v) is 3.57. The minimum atomic E-state index is 0.404. The summed E-state index contributed by atoms with van der Waals surface area (Å²) in [4.78, 5) is 1.40. The van der Waals surface area contributed by atoms with Crippen LogP contribution in [0.4, 0.5) is 0 Å². The number of ether oxygens (including phenoxy) is 1. The lowest BCUT2D eigenvalue weighted by Crippen LogP contribution is -2.37. The summed E-state index contributed by atoms with van der Waals surface area (Å²) in [6.07, 6.45) is 2.34. The van der Waals surface area contributed by atoms with E-state index in [2.05, 4.69) is 46.5 Å². The molecule has 1 N–H and O–H groups in total. The molecule has 0 radical (unpaired) electrons. The Morgan fingerprint density at radius 1 is 1.53 bits per heavy atom. The van der Waals surface area contributed by atoms with Crippen molar-refractivity contribution in [3.8, 4) is 0 Å². The van der Waals surface area contributed by atoms with E-state index in [1.807, 2.05) is 11.3 Å². The van der Waals surface area contributed by atoms with Crippen LogP contribution in [0.5, 0.6) is 0 Å². The molecule has 1 saturated heterocycles. The minimum absolute atomic E-state index is 0.404. The first-order chi connectivity index (χ1) is 8.09. The molecule has 17 heavy (non-hydrogen) atoms. The van der Waals surface area contributed by atoms with Crippen molar-refractivity contribution in [2.75, 3.05) is 19.8 Å². The normalized spacial score (nSPS) is 21.4. The molecular weight excluding hydrogens is 298 g/mol.